The van der Waals surface area contributed by atoms with E-state index in [4.69, 9.17) is 4.74 Å². The molecule has 0 unspecified atom stereocenters. The van der Waals surface area contributed by atoms with Crippen molar-refractivity contribution in [3.8, 4) is 0 Å². The van der Waals surface area contributed by atoms with E-state index in [0.717, 1.165) is 0 Å². The summed E-state index contributed by atoms with van der Waals surface area (Å²) in [4.78, 5) is 14.6. The molecule has 0 aromatic carbocycles. The van der Waals surface area contributed by atoms with Crippen molar-refractivity contribution in [3.05, 3.63) is 12.2 Å². The van der Waals surface area contributed by atoms with Gasteiger partial charge in [-0.1, -0.05) is 13.8 Å². The summed E-state index contributed by atoms with van der Waals surface area (Å²) in [6, 6.07) is 0.286. The quantitative estimate of drug-likeness (QED) is 0.712. The molecule has 6 heteroatoms. The summed E-state index contributed by atoms with van der Waals surface area (Å²) in [5.41, 5.74) is 0. The highest BCUT2D eigenvalue weighted by atomic mass is 16.5. The van der Waals surface area contributed by atoms with Crippen LogP contribution in [0.2, 0.25) is 0 Å². The van der Waals surface area contributed by atoms with Gasteiger partial charge in [-0.25, -0.2) is 9.67 Å². The van der Waals surface area contributed by atoms with Gasteiger partial charge < -0.3 is 10.1 Å². The van der Waals surface area contributed by atoms with E-state index < -0.39 is 6.10 Å². The first-order valence-electron chi connectivity index (χ1n) is 5.25. The molecule has 90 valence electrons. The van der Waals surface area contributed by atoms with Gasteiger partial charge >= 0.3 is 0 Å². The summed E-state index contributed by atoms with van der Waals surface area (Å²) in [6.45, 7) is 6.46. The van der Waals surface area contributed by atoms with Crippen LogP contribution in [0.3, 0.4) is 0 Å². The molecule has 0 bridgehead atoms. The third-order valence-corrected chi connectivity index (χ3v) is 2.25. The van der Waals surface area contributed by atoms with Gasteiger partial charge in [0, 0.05) is 19.1 Å². The van der Waals surface area contributed by atoms with Gasteiger partial charge in [0.05, 0.1) is 0 Å². The van der Waals surface area contributed by atoms with Crippen molar-refractivity contribution in [1.29, 1.82) is 0 Å². The predicted octanol–water partition coefficient (Wildman–Crippen LogP) is 0.416. The van der Waals surface area contributed by atoms with Crippen LogP contribution in [-0.2, 0) is 16.6 Å². The van der Waals surface area contributed by atoms with E-state index >= 15 is 0 Å². The first-order chi connectivity index (χ1) is 7.56. The molecular weight excluding hydrogens is 208 g/mol. The van der Waals surface area contributed by atoms with E-state index in [2.05, 4.69) is 15.4 Å². The molecule has 0 radical (unpaired) electrons. The van der Waals surface area contributed by atoms with Crippen molar-refractivity contribution in [2.24, 2.45) is 7.05 Å². The number of carbonyl (C=O) groups excluding carboxylic acids is 1. The minimum absolute atomic E-state index is 0.0203. The molecule has 16 heavy (non-hydrogen) atoms. The number of hydrogen-bond donors (Lipinski definition) is 1. The Bertz CT molecular complexity index is 337. The predicted molar refractivity (Wildman–Crippen MR) is 58.6 cm³/mol. The van der Waals surface area contributed by atoms with Crippen LogP contribution in [0.5, 0.6) is 0 Å². The summed E-state index contributed by atoms with van der Waals surface area (Å²) in [5.74, 6) is 0.632. The van der Waals surface area contributed by atoms with Crippen LogP contribution in [-0.4, -0.2) is 33.3 Å². The highest BCUT2D eigenvalue weighted by molar-refractivity contribution is 5.38. The van der Waals surface area contributed by atoms with Crippen molar-refractivity contribution in [2.45, 2.75) is 39.0 Å². The van der Waals surface area contributed by atoms with Crippen molar-refractivity contribution < 1.29 is 9.53 Å². The highest BCUT2D eigenvalue weighted by Crippen LogP contribution is 2.17. The zero-order valence-electron chi connectivity index (χ0n) is 10.0. The Morgan fingerprint density at radius 3 is 2.62 bits per heavy atom. The molecule has 1 aromatic heterocycles. The molecule has 0 aliphatic heterocycles. The Balaban J connectivity index is 2.82. The van der Waals surface area contributed by atoms with Crippen LogP contribution in [0, 0.1) is 0 Å². The van der Waals surface area contributed by atoms with Gasteiger partial charge in [-0.3, -0.25) is 4.79 Å². The number of carbonyl (C=O) groups is 1. The molecule has 0 fully saturated rings. The summed E-state index contributed by atoms with van der Waals surface area (Å²) in [5, 5.41) is 7.24. The van der Waals surface area contributed by atoms with E-state index in [9.17, 15) is 4.79 Å². The van der Waals surface area contributed by atoms with Crippen LogP contribution < -0.4 is 5.32 Å². The third-order valence-electron chi connectivity index (χ3n) is 2.25. The molecule has 1 N–H and O–H groups in total. The second-order valence-electron chi connectivity index (χ2n) is 4.00. The Hall–Kier alpha value is -1.43. The Morgan fingerprint density at radius 2 is 2.19 bits per heavy atom. The maximum atomic E-state index is 10.5. The molecule has 2 atom stereocenters. The lowest BCUT2D eigenvalue weighted by Gasteiger charge is -2.24. The maximum absolute atomic E-state index is 10.5. The van der Waals surface area contributed by atoms with Crippen molar-refractivity contribution >= 4 is 6.47 Å². The topological polar surface area (TPSA) is 69.0 Å². The fourth-order valence-electron chi connectivity index (χ4n) is 1.64. The molecule has 0 saturated carbocycles. The van der Waals surface area contributed by atoms with Crippen LogP contribution in [0.15, 0.2) is 6.33 Å². The minimum atomic E-state index is -0.424. The summed E-state index contributed by atoms with van der Waals surface area (Å²) >= 11 is 0. The zero-order chi connectivity index (χ0) is 12.1. The van der Waals surface area contributed by atoms with Gasteiger partial charge in [0.2, 0.25) is 0 Å². The number of ether oxygens (including phenoxy) is 1. The van der Waals surface area contributed by atoms with Crippen LogP contribution in [0.1, 0.15) is 32.7 Å². The Morgan fingerprint density at radius 1 is 1.50 bits per heavy atom. The number of rotatable bonds is 6. The second kappa shape index (κ2) is 5.60. The van der Waals surface area contributed by atoms with Crippen molar-refractivity contribution in [3.63, 3.8) is 0 Å². The summed E-state index contributed by atoms with van der Waals surface area (Å²) in [6.07, 6.45) is 1.02. The van der Waals surface area contributed by atoms with Gasteiger partial charge in [-0.2, -0.15) is 5.10 Å². The average molecular weight is 226 g/mol. The Labute approximate surface area is 95.0 Å². The molecular formula is C10H18N4O2. The lowest BCUT2D eigenvalue weighted by Crippen LogP contribution is -2.38. The fraction of sp³-hybridized carbons (Fsp3) is 0.700. The standard InChI is InChI=1S/C10H18N4O2/c1-7(2)13-8(3)9(16-6-15)10-11-5-12-14(10)4/h5-9,13H,1-4H3/t8-,9-/m0/s1. The molecule has 0 saturated heterocycles. The zero-order valence-corrected chi connectivity index (χ0v) is 10.0. The molecule has 1 aromatic rings. The average Bonchev–Trinajstić information content (AvgIpc) is 2.59. The summed E-state index contributed by atoms with van der Waals surface area (Å²) < 4.78 is 6.67. The number of nitrogens with zero attached hydrogens (tertiary/aromatic N) is 3. The molecule has 6 nitrogen and oxygen atoms in total. The van der Waals surface area contributed by atoms with Gasteiger partial charge in [-0.05, 0) is 6.92 Å². The number of nitrogens with one attached hydrogen (secondary N) is 1. The SMILES string of the molecule is CC(C)N[C@@H](C)[C@H](OC=O)c1ncnn1C. The van der Waals surface area contributed by atoms with E-state index in [0.29, 0.717) is 18.3 Å². The molecule has 1 heterocycles. The van der Waals surface area contributed by atoms with Crippen LogP contribution >= 0.6 is 0 Å². The minimum Gasteiger partial charge on any atom is -0.455 e. The van der Waals surface area contributed by atoms with E-state index in [1.807, 2.05) is 20.8 Å². The van der Waals surface area contributed by atoms with Gasteiger partial charge in [0.1, 0.15) is 6.33 Å². The van der Waals surface area contributed by atoms with Gasteiger partial charge in [0.15, 0.2) is 11.9 Å². The van der Waals surface area contributed by atoms with Gasteiger partial charge in [-0.15, -0.1) is 0 Å². The first-order valence-corrected chi connectivity index (χ1v) is 5.25. The number of aromatic nitrogens is 3. The highest BCUT2D eigenvalue weighted by Gasteiger charge is 2.25. The lowest BCUT2D eigenvalue weighted by atomic mass is 10.1. The maximum Gasteiger partial charge on any atom is 0.293 e. The third kappa shape index (κ3) is 3.03. The van der Waals surface area contributed by atoms with E-state index in [1.54, 1.807) is 11.7 Å². The van der Waals surface area contributed by atoms with Crippen LogP contribution in [0.4, 0.5) is 0 Å². The Kier molecular flexibility index (Phi) is 4.42. The van der Waals surface area contributed by atoms with E-state index in [-0.39, 0.29) is 6.04 Å². The second-order valence-corrected chi connectivity index (χ2v) is 4.00. The smallest absolute Gasteiger partial charge is 0.293 e. The lowest BCUT2D eigenvalue weighted by molar-refractivity contribution is -0.135. The van der Waals surface area contributed by atoms with Gasteiger partial charge in [0.25, 0.3) is 6.47 Å². The first kappa shape index (κ1) is 12.6. The largest absolute Gasteiger partial charge is 0.455 e. The number of aryl methyl sites for hydroxylation is 1. The van der Waals surface area contributed by atoms with Crippen LogP contribution in [0.25, 0.3) is 0 Å². The normalized spacial score (nSPS) is 14.8. The summed E-state index contributed by atoms with van der Waals surface area (Å²) in [7, 11) is 1.77. The van der Waals surface area contributed by atoms with E-state index in [1.165, 1.54) is 6.33 Å². The number of hydrogen-bond acceptors (Lipinski definition) is 5. The molecule has 1 rings (SSSR count). The van der Waals surface area contributed by atoms with Crippen molar-refractivity contribution in [2.75, 3.05) is 0 Å². The monoisotopic (exact) mass is 226 g/mol. The fourth-order valence-corrected chi connectivity index (χ4v) is 1.64. The van der Waals surface area contributed by atoms with Crippen molar-refractivity contribution in [1.82, 2.24) is 20.1 Å². The molecule has 0 aliphatic rings. The molecule has 0 amide bonds. The molecule has 0 spiro atoms. The molecule has 0 aliphatic carbocycles.